The second-order valence-corrected chi connectivity index (χ2v) is 10.1. The van der Waals surface area contributed by atoms with E-state index in [1.165, 1.54) is 16.9 Å². The van der Waals surface area contributed by atoms with Crippen LogP contribution in [0.1, 0.15) is 15.2 Å². The number of fused-ring (bicyclic) bond motifs is 2. The van der Waals surface area contributed by atoms with Crippen molar-refractivity contribution in [1.82, 2.24) is 19.4 Å². The fourth-order valence-corrected chi connectivity index (χ4v) is 5.72. The Morgan fingerprint density at radius 1 is 1.00 bits per heavy atom. The third kappa shape index (κ3) is 4.11. The van der Waals surface area contributed by atoms with Crippen LogP contribution in [0.2, 0.25) is 0 Å². The molecular weight excluding hydrogens is 462 g/mol. The zero-order valence-electron chi connectivity index (χ0n) is 19.8. The van der Waals surface area contributed by atoms with Gasteiger partial charge in [0.15, 0.2) is 11.5 Å². The van der Waals surface area contributed by atoms with Crippen LogP contribution in [0.25, 0.3) is 16.0 Å². The lowest BCUT2D eigenvalue weighted by Gasteiger charge is -2.34. The summed E-state index contributed by atoms with van der Waals surface area (Å²) < 4.78 is 13.0. The van der Waals surface area contributed by atoms with E-state index in [4.69, 9.17) is 14.5 Å². The number of thiophene rings is 1. The lowest BCUT2D eigenvalue weighted by Crippen LogP contribution is -2.48. The number of hydrogen-bond acceptors (Lipinski definition) is 7. The van der Waals surface area contributed by atoms with Crippen LogP contribution in [0.5, 0.6) is 11.5 Å². The Morgan fingerprint density at radius 2 is 1.77 bits per heavy atom. The first-order chi connectivity index (χ1) is 17.1. The van der Waals surface area contributed by atoms with Crippen LogP contribution >= 0.6 is 11.3 Å². The molecular formula is C26H27N5O3S. The minimum atomic E-state index is 0.0849. The molecule has 1 saturated heterocycles. The Balaban J connectivity index is 1.16. The zero-order valence-corrected chi connectivity index (χ0v) is 20.6. The molecule has 4 heterocycles. The van der Waals surface area contributed by atoms with Crippen LogP contribution < -0.4 is 14.4 Å². The quantitative estimate of drug-likeness (QED) is 0.425. The first kappa shape index (κ1) is 21.9. The number of rotatable bonds is 5. The number of aromatic nitrogens is 2. The van der Waals surface area contributed by atoms with Crippen molar-refractivity contribution in [3.8, 4) is 17.2 Å². The van der Waals surface area contributed by atoms with Crippen LogP contribution in [0, 0.1) is 0 Å². The van der Waals surface area contributed by atoms with Crippen molar-refractivity contribution in [1.29, 1.82) is 0 Å². The summed E-state index contributed by atoms with van der Waals surface area (Å²) in [6.07, 6.45) is 0. The first-order valence-electron chi connectivity index (χ1n) is 11.7. The highest BCUT2D eigenvalue weighted by molar-refractivity contribution is 7.20. The second kappa shape index (κ2) is 8.90. The summed E-state index contributed by atoms with van der Waals surface area (Å²) in [4.78, 5) is 26.3. The van der Waals surface area contributed by atoms with Gasteiger partial charge in [-0.1, -0.05) is 24.3 Å². The Hall–Kier alpha value is -3.56. The topological polar surface area (TPSA) is 63.1 Å². The largest absolute Gasteiger partial charge is 0.454 e. The average molecular weight is 490 g/mol. The van der Waals surface area contributed by atoms with Crippen LogP contribution in [0.4, 0.5) is 5.95 Å². The monoisotopic (exact) mass is 489 g/mol. The molecule has 0 unspecified atom stereocenters. The number of hydrogen-bond donors (Lipinski definition) is 0. The van der Waals surface area contributed by atoms with Crippen LogP contribution in [0.3, 0.4) is 0 Å². The molecule has 0 radical (unpaired) electrons. The molecule has 0 atom stereocenters. The predicted octanol–water partition coefficient (Wildman–Crippen LogP) is 3.84. The number of piperazine rings is 1. The summed E-state index contributed by atoms with van der Waals surface area (Å²) in [5.41, 5.74) is 3.09. The first-order valence-corrected chi connectivity index (χ1v) is 12.5. The van der Waals surface area contributed by atoms with Crippen molar-refractivity contribution in [3.05, 3.63) is 65.0 Å². The average Bonchev–Trinajstić information content (AvgIpc) is 3.59. The van der Waals surface area contributed by atoms with Crippen molar-refractivity contribution >= 4 is 33.5 Å². The lowest BCUT2D eigenvalue weighted by molar-refractivity contribution is 0.0633. The standard InChI is InChI=1S/C26H27N5O3S/c1-28(2)26-27-20-15-23(35-25(20)31(26)19-6-4-3-5-7-19)24(32)30-12-10-29(11-13-30)16-18-8-9-21-22(14-18)34-17-33-21/h3-9,14-15H,10-13,16-17H2,1-2H3. The molecule has 1 amide bonds. The van der Waals surface area contributed by atoms with Gasteiger partial charge in [0.2, 0.25) is 12.7 Å². The number of carbonyl (C=O) groups excluding carboxylic acids is 1. The maximum atomic E-state index is 13.4. The van der Waals surface area contributed by atoms with E-state index in [2.05, 4.69) is 27.7 Å². The molecule has 0 N–H and O–H groups in total. The number of benzene rings is 2. The maximum Gasteiger partial charge on any atom is 0.264 e. The molecule has 2 aromatic heterocycles. The van der Waals surface area contributed by atoms with Crippen molar-refractivity contribution < 1.29 is 14.3 Å². The van der Waals surface area contributed by atoms with Crippen LogP contribution in [-0.4, -0.2) is 72.3 Å². The summed E-state index contributed by atoms with van der Waals surface area (Å²) in [5.74, 6) is 2.56. The number of anilines is 1. The van der Waals surface area contributed by atoms with Crippen LogP contribution in [-0.2, 0) is 6.54 Å². The summed E-state index contributed by atoms with van der Waals surface area (Å²) in [5, 5.41) is 0. The van der Waals surface area contributed by atoms with Gasteiger partial charge in [-0.05, 0) is 35.9 Å². The third-order valence-corrected chi connectivity index (χ3v) is 7.54. The Morgan fingerprint density at radius 3 is 2.54 bits per heavy atom. The van der Waals surface area contributed by atoms with Crippen molar-refractivity contribution in [2.24, 2.45) is 0 Å². The normalized spacial score (nSPS) is 15.7. The highest BCUT2D eigenvalue weighted by Crippen LogP contribution is 2.34. The number of amides is 1. The second-order valence-electron chi connectivity index (χ2n) is 9.03. The SMILES string of the molecule is CN(C)c1nc2cc(C(=O)N3CCN(Cc4ccc5c(c4)OCO5)CC3)sc2n1-c1ccccc1. The van der Waals surface area contributed by atoms with E-state index in [9.17, 15) is 4.79 Å². The molecule has 9 heteroatoms. The van der Waals surface area contributed by atoms with E-state index in [-0.39, 0.29) is 12.7 Å². The fraction of sp³-hybridized carbons (Fsp3) is 0.308. The summed E-state index contributed by atoms with van der Waals surface area (Å²) in [6.45, 7) is 4.21. The molecule has 6 rings (SSSR count). The van der Waals surface area contributed by atoms with Gasteiger partial charge in [-0.3, -0.25) is 14.3 Å². The summed E-state index contributed by atoms with van der Waals surface area (Å²) >= 11 is 1.52. The van der Waals surface area contributed by atoms with E-state index in [0.717, 1.165) is 58.0 Å². The molecule has 1 fully saturated rings. The molecule has 2 aliphatic heterocycles. The molecule has 0 bridgehead atoms. The molecule has 2 aliphatic rings. The van der Waals surface area contributed by atoms with Crippen molar-refractivity contribution in [3.63, 3.8) is 0 Å². The number of nitrogens with zero attached hydrogens (tertiary/aromatic N) is 5. The molecule has 8 nitrogen and oxygen atoms in total. The van der Waals surface area contributed by atoms with Gasteiger partial charge in [0.1, 0.15) is 10.3 Å². The Kier molecular flexibility index (Phi) is 5.58. The Bertz CT molecular complexity index is 1370. The highest BCUT2D eigenvalue weighted by Gasteiger charge is 2.26. The van der Waals surface area contributed by atoms with Gasteiger partial charge in [0, 0.05) is 52.5 Å². The predicted molar refractivity (Wildman–Crippen MR) is 137 cm³/mol. The number of ether oxygens (including phenoxy) is 2. The van der Waals surface area contributed by atoms with Gasteiger partial charge in [0.05, 0.1) is 4.88 Å². The van der Waals surface area contributed by atoms with Crippen molar-refractivity contribution in [2.45, 2.75) is 6.54 Å². The molecule has 35 heavy (non-hydrogen) atoms. The molecule has 4 aromatic rings. The van der Waals surface area contributed by atoms with Crippen molar-refractivity contribution in [2.75, 3.05) is 52.0 Å². The van der Waals surface area contributed by atoms with E-state index in [1.54, 1.807) is 0 Å². The summed E-state index contributed by atoms with van der Waals surface area (Å²) in [7, 11) is 3.97. The smallest absolute Gasteiger partial charge is 0.264 e. The third-order valence-electron chi connectivity index (χ3n) is 6.44. The number of carbonyl (C=O) groups is 1. The van der Waals surface area contributed by atoms with Gasteiger partial charge >= 0.3 is 0 Å². The van der Waals surface area contributed by atoms with Gasteiger partial charge in [-0.15, -0.1) is 11.3 Å². The van der Waals surface area contributed by atoms with Gasteiger partial charge < -0.3 is 19.3 Å². The number of para-hydroxylation sites is 1. The molecule has 0 spiro atoms. The Labute approximate surface area is 207 Å². The number of imidazole rings is 1. The minimum absolute atomic E-state index is 0.0849. The molecule has 0 aliphatic carbocycles. The molecule has 180 valence electrons. The van der Waals surface area contributed by atoms with E-state index < -0.39 is 0 Å². The summed E-state index contributed by atoms with van der Waals surface area (Å²) in [6, 6.07) is 18.2. The van der Waals surface area contributed by atoms with Gasteiger partial charge in [-0.2, -0.15) is 0 Å². The van der Waals surface area contributed by atoms with Gasteiger partial charge in [0.25, 0.3) is 5.91 Å². The minimum Gasteiger partial charge on any atom is -0.454 e. The van der Waals surface area contributed by atoms with E-state index in [1.807, 2.05) is 60.3 Å². The van der Waals surface area contributed by atoms with E-state index in [0.29, 0.717) is 13.1 Å². The van der Waals surface area contributed by atoms with E-state index >= 15 is 0 Å². The molecule has 0 saturated carbocycles. The zero-order chi connectivity index (χ0) is 23.9. The van der Waals surface area contributed by atoms with Crippen LogP contribution in [0.15, 0.2) is 54.6 Å². The lowest BCUT2D eigenvalue weighted by atomic mass is 10.1. The maximum absolute atomic E-state index is 13.4. The molecule has 2 aromatic carbocycles. The van der Waals surface area contributed by atoms with Gasteiger partial charge in [-0.25, -0.2) is 4.98 Å². The fourth-order valence-electron chi connectivity index (χ4n) is 4.64. The highest BCUT2D eigenvalue weighted by atomic mass is 32.1.